The van der Waals surface area contributed by atoms with Crippen LogP contribution >= 0.6 is 0 Å². The first-order valence-corrected chi connectivity index (χ1v) is 6.10. The molecule has 2 unspecified atom stereocenters. The van der Waals surface area contributed by atoms with E-state index in [-0.39, 0.29) is 18.2 Å². The molecule has 0 aliphatic carbocycles. The van der Waals surface area contributed by atoms with E-state index in [4.69, 9.17) is 4.74 Å². The van der Waals surface area contributed by atoms with E-state index in [2.05, 4.69) is 13.8 Å². The van der Waals surface area contributed by atoms with Gasteiger partial charge in [0.1, 0.15) is 6.10 Å². The van der Waals surface area contributed by atoms with Gasteiger partial charge in [-0.25, -0.2) is 4.79 Å². The van der Waals surface area contributed by atoms with Crippen molar-refractivity contribution in [1.29, 1.82) is 0 Å². The third-order valence-corrected chi connectivity index (χ3v) is 3.24. The Kier molecular flexibility index (Phi) is 3.36. The summed E-state index contributed by atoms with van der Waals surface area (Å²) in [5.74, 6) is 0.403. The Morgan fingerprint density at radius 2 is 1.94 bits per heavy atom. The van der Waals surface area contributed by atoms with Crippen molar-refractivity contribution in [3.8, 4) is 0 Å². The summed E-state index contributed by atoms with van der Waals surface area (Å²) in [5.41, 5.74) is 1.14. The van der Waals surface area contributed by atoms with Crippen LogP contribution in [0.4, 0.5) is 4.79 Å². The first kappa shape index (κ1) is 12.0. The molecule has 1 aliphatic heterocycles. The standard InChI is InChI=1S/C14H19NO2/c1-10(2)13-11(3)17-14(16)15(13)9-12-7-5-4-6-8-12/h4-8,10-11,13H,9H2,1-3H3. The molecule has 3 nitrogen and oxygen atoms in total. The molecule has 0 radical (unpaired) electrons. The molecule has 1 aliphatic rings. The van der Waals surface area contributed by atoms with Crippen LogP contribution < -0.4 is 0 Å². The van der Waals surface area contributed by atoms with E-state index in [0.717, 1.165) is 5.56 Å². The van der Waals surface area contributed by atoms with Gasteiger partial charge in [-0.15, -0.1) is 0 Å². The summed E-state index contributed by atoms with van der Waals surface area (Å²) in [6.07, 6.45) is -0.216. The SMILES string of the molecule is CC(C)C1C(C)OC(=O)N1Cc1ccccc1. The Hall–Kier alpha value is -1.51. The van der Waals surface area contributed by atoms with Crippen LogP contribution in [0.5, 0.6) is 0 Å². The molecule has 1 fully saturated rings. The van der Waals surface area contributed by atoms with Crippen molar-refractivity contribution in [1.82, 2.24) is 4.90 Å². The molecule has 0 bridgehead atoms. The Morgan fingerprint density at radius 1 is 1.29 bits per heavy atom. The number of carbonyl (C=O) groups is 1. The maximum absolute atomic E-state index is 11.8. The van der Waals surface area contributed by atoms with Gasteiger partial charge in [0.15, 0.2) is 0 Å². The van der Waals surface area contributed by atoms with E-state index in [0.29, 0.717) is 12.5 Å². The van der Waals surface area contributed by atoms with Crippen LogP contribution in [0, 0.1) is 5.92 Å². The highest BCUT2D eigenvalue weighted by atomic mass is 16.6. The molecule has 0 N–H and O–H groups in total. The first-order valence-electron chi connectivity index (χ1n) is 6.10. The van der Waals surface area contributed by atoms with Crippen LogP contribution in [0.2, 0.25) is 0 Å². The van der Waals surface area contributed by atoms with Gasteiger partial charge in [0.05, 0.1) is 6.04 Å². The number of hydrogen-bond acceptors (Lipinski definition) is 2. The molecule has 1 aromatic carbocycles. The summed E-state index contributed by atoms with van der Waals surface area (Å²) < 4.78 is 5.31. The molecule has 1 aromatic rings. The van der Waals surface area contributed by atoms with Crippen molar-refractivity contribution in [2.24, 2.45) is 5.92 Å². The summed E-state index contributed by atoms with van der Waals surface area (Å²) in [7, 11) is 0. The quantitative estimate of drug-likeness (QED) is 0.803. The predicted octanol–water partition coefficient (Wildman–Crippen LogP) is 3.05. The summed E-state index contributed by atoms with van der Waals surface area (Å²) in [5, 5.41) is 0. The molecule has 2 rings (SSSR count). The van der Waals surface area contributed by atoms with Gasteiger partial charge in [-0.2, -0.15) is 0 Å². The highest BCUT2D eigenvalue weighted by Crippen LogP contribution is 2.26. The Balaban J connectivity index is 2.16. The lowest BCUT2D eigenvalue weighted by Crippen LogP contribution is -2.39. The molecule has 0 saturated carbocycles. The van der Waals surface area contributed by atoms with Crippen molar-refractivity contribution < 1.29 is 9.53 Å². The van der Waals surface area contributed by atoms with Crippen LogP contribution in [0.1, 0.15) is 26.3 Å². The zero-order valence-corrected chi connectivity index (χ0v) is 10.6. The Bertz CT molecular complexity index is 388. The second-order valence-electron chi connectivity index (χ2n) is 4.94. The molecule has 2 atom stereocenters. The normalized spacial score (nSPS) is 24.2. The number of amides is 1. The monoisotopic (exact) mass is 233 g/mol. The predicted molar refractivity (Wildman–Crippen MR) is 66.6 cm³/mol. The summed E-state index contributed by atoms with van der Waals surface area (Å²) in [6.45, 7) is 6.85. The molecule has 17 heavy (non-hydrogen) atoms. The fourth-order valence-corrected chi connectivity index (χ4v) is 2.52. The van der Waals surface area contributed by atoms with Crippen LogP contribution in [0.3, 0.4) is 0 Å². The van der Waals surface area contributed by atoms with E-state index in [1.807, 2.05) is 42.2 Å². The minimum Gasteiger partial charge on any atom is -0.444 e. The van der Waals surface area contributed by atoms with Gasteiger partial charge in [-0.3, -0.25) is 4.90 Å². The lowest BCUT2D eigenvalue weighted by atomic mass is 9.98. The number of rotatable bonds is 3. The fraction of sp³-hybridized carbons (Fsp3) is 0.500. The second-order valence-corrected chi connectivity index (χ2v) is 4.94. The van der Waals surface area contributed by atoms with Crippen LogP contribution in [0.25, 0.3) is 0 Å². The Labute approximate surface area is 102 Å². The third kappa shape index (κ3) is 2.43. The first-order chi connectivity index (χ1) is 8.09. The van der Waals surface area contributed by atoms with E-state index >= 15 is 0 Å². The lowest BCUT2D eigenvalue weighted by molar-refractivity contribution is 0.135. The van der Waals surface area contributed by atoms with E-state index in [9.17, 15) is 4.79 Å². The summed E-state index contributed by atoms with van der Waals surface area (Å²) in [6, 6.07) is 10.2. The number of benzene rings is 1. The number of carbonyl (C=O) groups excluding carboxylic acids is 1. The van der Waals surface area contributed by atoms with E-state index in [1.165, 1.54) is 0 Å². The third-order valence-electron chi connectivity index (χ3n) is 3.24. The largest absolute Gasteiger partial charge is 0.444 e. The minimum absolute atomic E-state index is 0.0220. The van der Waals surface area contributed by atoms with Crippen molar-refractivity contribution in [3.05, 3.63) is 35.9 Å². The maximum atomic E-state index is 11.8. The smallest absolute Gasteiger partial charge is 0.410 e. The molecule has 1 heterocycles. The van der Waals surface area contributed by atoms with Crippen molar-refractivity contribution in [3.63, 3.8) is 0 Å². The van der Waals surface area contributed by atoms with Crippen LogP contribution in [-0.4, -0.2) is 23.1 Å². The average Bonchev–Trinajstić information content (AvgIpc) is 2.55. The topological polar surface area (TPSA) is 29.5 Å². The van der Waals surface area contributed by atoms with E-state index in [1.54, 1.807) is 0 Å². The second kappa shape index (κ2) is 4.78. The van der Waals surface area contributed by atoms with Gasteiger partial charge in [0, 0.05) is 6.54 Å². The van der Waals surface area contributed by atoms with Gasteiger partial charge in [-0.1, -0.05) is 44.2 Å². The number of cyclic esters (lactones) is 1. The average molecular weight is 233 g/mol. The van der Waals surface area contributed by atoms with Crippen molar-refractivity contribution >= 4 is 6.09 Å². The van der Waals surface area contributed by atoms with Crippen molar-refractivity contribution in [2.75, 3.05) is 0 Å². The van der Waals surface area contributed by atoms with Gasteiger partial charge < -0.3 is 4.74 Å². The number of ether oxygens (including phenoxy) is 1. The highest BCUT2D eigenvalue weighted by Gasteiger charge is 2.40. The molecule has 3 heteroatoms. The maximum Gasteiger partial charge on any atom is 0.410 e. The van der Waals surface area contributed by atoms with Crippen LogP contribution in [0.15, 0.2) is 30.3 Å². The number of hydrogen-bond donors (Lipinski definition) is 0. The van der Waals surface area contributed by atoms with Crippen LogP contribution in [-0.2, 0) is 11.3 Å². The summed E-state index contributed by atoms with van der Waals surface area (Å²) in [4.78, 5) is 13.6. The molecule has 0 spiro atoms. The lowest BCUT2D eigenvalue weighted by Gasteiger charge is -2.26. The molecule has 1 saturated heterocycles. The minimum atomic E-state index is -0.194. The van der Waals surface area contributed by atoms with Gasteiger partial charge >= 0.3 is 6.09 Å². The highest BCUT2D eigenvalue weighted by molar-refractivity contribution is 5.70. The number of nitrogens with zero attached hydrogens (tertiary/aromatic N) is 1. The molecule has 92 valence electrons. The molecular formula is C14H19NO2. The van der Waals surface area contributed by atoms with Crippen molar-refractivity contribution in [2.45, 2.75) is 39.5 Å². The zero-order valence-electron chi connectivity index (χ0n) is 10.6. The molecule has 0 aromatic heterocycles. The fourth-order valence-electron chi connectivity index (χ4n) is 2.52. The van der Waals surface area contributed by atoms with E-state index < -0.39 is 0 Å². The molecular weight excluding hydrogens is 214 g/mol. The summed E-state index contributed by atoms with van der Waals surface area (Å²) >= 11 is 0. The van der Waals surface area contributed by atoms with Gasteiger partial charge in [-0.05, 0) is 18.4 Å². The Morgan fingerprint density at radius 3 is 2.53 bits per heavy atom. The molecule has 1 amide bonds. The van der Waals surface area contributed by atoms with Gasteiger partial charge in [0.2, 0.25) is 0 Å². The zero-order chi connectivity index (χ0) is 12.4. The van der Waals surface area contributed by atoms with Gasteiger partial charge in [0.25, 0.3) is 0 Å².